The smallest absolute Gasteiger partial charge is 0.317 e. The van der Waals surface area contributed by atoms with Crippen LogP contribution in [0.3, 0.4) is 0 Å². The molecule has 0 radical (unpaired) electrons. The molecule has 0 saturated carbocycles. The molecule has 2 rings (SSSR count). The Morgan fingerprint density at radius 1 is 1.14 bits per heavy atom. The van der Waals surface area contributed by atoms with Crippen LogP contribution >= 0.6 is 0 Å². The number of rotatable bonds is 5. The highest BCUT2D eigenvalue weighted by molar-refractivity contribution is 5.73. The lowest BCUT2D eigenvalue weighted by molar-refractivity contribution is 0.206. The number of hydrogen-bond donors (Lipinski definition) is 1. The molecule has 0 aliphatic carbocycles. The van der Waals surface area contributed by atoms with Crippen molar-refractivity contribution < 1.29 is 9.53 Å². The van der Waals surface area contributed by atoms with Crippen molar-refractivity contribution >= 4 is 6.03 Å². The molecule has 4 heteroatoms. The Kier molecular flexibility index (Phi) is 5.42. The van der Waals surface area contributed by atoms with Crippen LogP contribution in [-0.4, -0.2) is 25.1 Å². The van der Waals surface area contributed by atoms with Crippen LogP contribution < -0.4 is 10.1 Å². The van der Waals surface area contributed by atoms with Crippen LogP contribution in [0.1, 0.15) is 16.7 Å². The average Bonchev–Trinajstić information content (AvgIpc) is 2.55. The Labute approximate surface area is 131 Å². The Bertz CT molecular complexity index is 623. The number of aryl methyl sites for hydroxylation is 1. The summed E-state index contributed by atoms with van der Waals surface area (Å²) in [6.07, 6.45) is 0. The SMILES string of the molecule is COc1ccc(CNC(=O)N(C)Cc2ccccc2C)cc1. The maximum Gasteiger partial charge on any atom is 0.317 e. The Hall–Kier alpha value is -2.49. The van der Waals surface area contributed by atoms with Gasteiger partial charge in [0.05, 0.1) is 7.11 Å². The second-order valence-corrected chi connectivity index (χ2v) is 5.29. The van der Waals surface area contributed by atoms with Gasteiger partial charge in [0, 0.05) is 20.1 Å². The summed E-state index contributed by atoms with van der Waals surface area (Å²) >= 11 is 0. The number of carbonyl (C=O) groups is 1. The van der Waals surface area contributed by atoms with Crippen molar-refractivity contribution in [2.24, 2.45) is 0 Å². The predicted octanol–water partition coefficient (Wildman–Crippen LogP) is 3.35. The lowest BCUT2D eigenvalue weighted by Crippen LogP contribution is -2.36. The summed E-state index contributed by atoms with van der Waals surface area (Å²) in [5.41, 5.74) is 3.39. The van der Waals surface area contributed by atoms with Crippen molar-refractivity contribution in [1.29, 1.82) is 0 Å². The first-order valence-corrected chi connectivity index (χ1v) is 7.26. The molecule has 0 aliphatic heterocycles. The number of nitrogens with zero attached hydrogens (tertiary/aromatic N) is 1. The molecule has 0 heterocycles. The van der Waals surface area contributed by atoms with E-state index in [1.807, 2.05) is 42.5 Å². The van der Waals surface area contributed by atoms with Gasteiger partial charge in [0.1, 0.15) is 5.75 Å². The minimum Gasteiger partial charge on any atom is -0.497 e. The lowest BCUT2D eigenvalue weighted by atomic mass is 10.1. The average molecular weight is 298 g/mol. The van der Waals surface area contributed by atoms with E-state index in [-0.39, 0.29) is 6.03 Å². The van der Waals surface area contributed by atoms with Gasteiger partial charge in [-0.15, -0.1) is 0 Å². The molecule has 0 bridgehead atoms. The maximum atomic E-state index is 12.1. The van der Waals surface area contributed by atoms with Crippen LogP contribution in [0, 0.1) is 6.92 Å². The van der Waals surface area contributed by atoms with Gasteiger partial charge in [0.2, 0.25) is 0 Å². The summed E-state index contributed by atoms with van der Waals surface area (Å²) in [7, 11) is 3.44. The third-order valence-electron chi connectivity index (χ3n) is 3.62. The van der Waals surface area contributed by atoms with E-state index in [4.69, 9.17) is 4.74 Å². The van der Waals surface area contributed by atoms with Gasteiger partial charge in [-0.1, -0.05) is 36.4 Å². The fourth-order valence-corrected chi connectivity index (χ4v) is 2.17. The van der Waals surface area contributed by atoms with E-state index < -0.39 is 0 Å². The first-order valence-electron chi connectivity index (χ1n) is 7.26. The van der Waals surface area contributed by atoms with Crippen LogP contribution in [0.4, 0.5) is 4.79 Å². The minimum atomic E-state index is -0.0842. The van der Waals surface area contributed by atoms with E-state index in [1.54, 1.807) is 19.1 Å². The standard InChI is InChI=1S/C18H22N2O2/c1-14-6-4-5-7-16(14)13-20(2)18(21)19-12-15-8-10-17(22-3)11-9-15/h4-11H,12-13H2,1-3H3,(H,19,21). The van der Waals surface area contributed by atoms with Gasteiger partial charge in [-0.25, -0.2) is 4.79 Å². The van der Waals surface area contributed by atoms with Gasteiger partial charge >= 0.3 is 6.03 Å². The summed E-state index contributed by atoms with van der Waals surface area (Å²) in [5.74, 6) is 0.812. The van der Waals surface area contributed by atoms with E-state index in [1.165, 1.54) is 5.56 Å². The zero-order valence-electron chi connectivity index (χ0n) is 13.3. The predicted molar refractivity (Wildman–Crippen MR) is 87.9 cm³/mol. The van der Waals surface area contributed by atoms with E-state index in [9.17, 15) is 4.79 Å². The van der Waals surface area contributed by atoms with Crippen LogP contribution in [0.2, 0.25) is 0 Å². The third-order valence-corrected chi connectivity index (χ3v) is 3.62. The highest BCUT2D eigenvalue weighted by Crippen LogP contribution is 2.12. The van der Waals surface area contributed by atoms with Crippen molar-refractivity contribution in [3.63, 3.8) is 0 Å². The Balaban J connectivity index is 1.87. The van der Waals surface area contributed by atoms with Gasteiger partial charge in [-0.3, -0.25) is 0 Å². The second-order valence-electron chi connectivity index (χ2n) is 5.29. The van der Waals surface area contributed by atoms with Gasteiger partial charge in [-0.2, -0.15) is 0 Å². The van der Waals surface area contributed by atoms with Crippen molar-refractivity contribution in [3.8, 4) is 5.75 Å². The molecule has 1 N–H and O–H groups in total. The molecule has 0 fully saturated rings. The molecule has 0 aromatic heterocycles. The zero-order chi connectivity index (χ0) is 15.9. The maximum absolute atomic E-state index is 12.1. The number of methoxy groups -OCH3 is 1. The Morgan fingerprint density at radius 2 is 1.82 bits per heavy atom. The summed E-state index contributed by atoms with van der Waals surface area (Å²) < 4.78 is 5.11. The normalized spacial score (nSPS) is 10.1. The van der Waals surface area contributed by atoms with E-state index in [0.717, 1.165) is 16.9 Å². The van der Waals surface area contributed by atoms with Crippen LogP contribution in [0.25, 0.3) is 0 Å². The summed E-state index contributed by atoms with van der Waals surface area (Å²) in [6, 6.07) is 15.7. The fraction of sp³-hybridized carbons (Fsp3) is 0.278. The molecule has 0 saturated heterocycles. The first-order chi connectivity index (χ1) is 10.6. The van der Waals surface area contributed by atoms with E-state index >= 15 is 0 Å². The topological polar surface area (TPSA) is 41.6 Å². The number of nitrogens with one attached hydrogen (secondary N) is 1. The molecule has 2 aromatic carbocycles. The van der Waals surface area contributed by atoms with E-state index in [0.29, 0.717) is 13.1 Å². The lowest BCUT2D eigenvalue weighted by Gasteiger charge is -2.19. The van der Waals surface area contributed by atoms with Crippen LogP contribution in [-0.2, 0) is 13.1 Å². The van der Waals surface area contributed by atoms with Gasteiger partial charge in [-0.05, 0) is 35.7 Å². The number of urea groups is 1. The van der Waals surface area contributed by atoms with Crippen molar-refractivity contribution in [2.45, 2.75) is 20.0 Å². The monoisotopic (exact) mass is 298 g/mol. The van der Waals surface area contributed by atoms with Gasteiger partial charge < -0.3 is 15.0 Å². The highest BCUT2D eigenvalue weighted by Gasteiger charge is 2.09. The number of benzene rings is 2. The number of ether oxygens (including phenoxy) is 1. The summed E-state index contributed by atoms with van der Waals surface area (Å²) in [4.78, 5) is 13.8. The molecule has 2 aromatic rings. The largest absolute Gasteiger partial charge is 0.497 e. The second kappa shape index (κ2) is 7.50. The van der Waals surface area contributed by atoms with Crippen molar-refractivity contribution in [2.75, 3.05) is 14.2 Å². The van der Waals surface area contributed by atoms with Crippen LogP contribution in [0.15, 0.2) is 48.5 Å². The first kappa shape index (κ1) is 15.9. The molecule has 0 atom stereocenters. The molecule has 0 spiro atoms. The third kappa shape index (κ3) is 4.25. The summed E-state index contributed by atoms with van der Waals surface area (Å²) in [6.45, 7) is 3.15. The molecular weight excluding hydrogens is 276 g/mol. The van der Waals surface area contributed by atoms with E-state index in [2.05, 4.69) is 18.3 Å². The highest BCUT2D eigenvalue weighted by atomic mass is 16.5. The molecule has 4 nitrogen and oxygen atoms in total. The van der Waals surface area contributed by atoms with Gasteiger partial charge in [0.15, 0.2) is 0 Å². The molecule has 116 valence electrons. The number of hydrogen-bond acceptors (Lipinski definition) is 2. The summed E-state index contributed by atoms with van der Waals surface area (Å²) in [5, 5.41) is 2.92. The van der Waals surface area contributed by atoms with Crippen LogP contribution in [0.5, 0.6) is 5.75 Å². The number of carbonyl (C=O) groups excluding carboxylic acids is 1. The van der Waals surface area contributed by atoms with Gasteiger partial charge in [0.25, 0.3) is 0 Å². The molecular formula is C18H22N2O2. The molecule has 0 unspecified atom stereocenters. The zero-order valence-corrected chi connectivity index (χ0v) is 13.3. The molecule has 0 aliphatic rings. The van der Waals surface area contributed by atoms with Crippen molar-refractivity contribution in [3.05, 3.63) is 65.2 Å². The quantitative estimate of drug-likeness (QED) is 0.919. The molecule has 2 amide bonds. The Morgan fingerprint density at radius 3 is 2.45 bits per heavy atom. The number of amides is 2. The molecule has 22 heavy (non-hydrogen) atoms. The fourth-order valence-electron chi connectivity index (χ4n) is 2.17. The minimum absolute atomic E-state index is 0.0842. The van der Waals surface area contributed by atoms with Crippen molar-refractivity contribution in [1.82, 2.24) is 10.2 Å².